The molecule has 0 aliphatic heterocycles. The number of carbonyl (C=O) groups is 2. The molecule has 0 saturated carbocycles. The van der Waals surface area contributed by atoms with Gasteiger partial charge in [0.25, 0.3) is 10.0 Å². The quantitative estimate of drug-likeness (QED) is 0.151. The number of rotatable bonds is 13. The standard InChI is InChI=1S/C35H36BrCl2N3O4S/c1-4-25(3)39-35(43)33(21-26-8-6-5-7-9-26)40(22-27-12-19-31(37)32(38)20-27)34(42)23-41(29-15-13-28(36)14-16-29)46(44,45)30-17-10-24(2)11-18-30/h5-20,25,33H,4,21-23H2,1-3H3,(H,39,43)/t25-,33+/m0/s1. The van der Waals surface area contributed by atoms with Crippen LogP contribution >= 0.6 is 39.1 Å². The molecular formula is C35H36BrCl2N3O4S. The monoisotopic (exact) mass is 743 g/mol. The smallest absolute Gasteiger partial charge is 0.264 e. The summed E-state index contributed by atoms with van der Waals surface area (Å²) >= 11 is 15.9. The molecule has 4 rings (SSSR count). The molecule has 46 heavy (non-hydrogen) atoms. The van der Waals surface area contributed by atoms with E-state index < -0.39 is 28.5 Å². The minimum absolute atomic E-state index is 0.0140. The van der Waals surface area contributed by atoms with Crippen molar-refractivity contribution in [2.24, 2.45) is 0 Å². The van der Waals surface area contributed by atoms with Gasteiger partial charge in [-0.25, -0.2) is 8.42 Å². The Bertz CT molecular complexity index is 1760. The summed E-state index contributed by atoms with van der Waals surface area (Å²) in [7, 11) is -4.19. The van der Waals surface area contributed by atoms with E-state index in [0.29, 0.717) is 27.7 Å². The van der Waals surface area contributed by atoms with Crippen molar-refractivity contribution in [3.63, 3.8) is 0 Å². The maximum Gasteiger partial charge on any atom is 0.264 e. The number of carbonyl (C=O) groups excluding carboxylic acids is 2. The van der Waals surface area contributed by atoms with Crippen molar-refractivity contribution in [1.82, 2.24) is 10.2 Å². The number of sulfonamides is 1. The van der Waals surface area contributed by atoms with E-state index in [4.69, 9.17) is 23.2 Å². The van der Waals surface area contributed by atoms with Crippen LogP contribution in [-0.2, 0) is 32.6 Å². The highest BCUT2D eigenvalue weighted by Gasteiger charge is 2.35. The molecule has 0 bridgehead atoms. The first-order chi connectivity index (χ1) is 21.9. The number of nitrogens with one attached hydrogen (secondary N) is 1. The SMILES string of the molecule is CC[C@H](C)NC(=O)[C@@H](Cc1ccccc1)N(Cc1ccc(Cl)c(Cl)c1)C(=O)CN(c1ccc(Br)cc1)S(=O)(=O)c1ccc(C)cc1. The number of benzene rings is 4. The number of amides is 2. The highest BCUT2D eigenvalue weighted by atomic mass is 79.9. The Balaban J connectivity index is 1.82. The van der Waals surface area contributed by atoms with Gasteiger partial charge in [0.1, 0.15) is 12.6 Å². The average Bonchev–Trinajstić information content (AvgIpc) is 3.04. The molecule has 0 fully saturated rings. The van der Waals surface area contributed by atoms with E-state index in [9.17, 15) is 18.0 Å². The lowest BCUT2D eigenvalue weighted by molar-refractivity contribution is -0.140. The summed E-state index contributed by atoms with van der Waals surface area (Å²) in [6.45, 7) is 5.15. The predicted molar refractivity (Wildman–Crippen MR) is 189 cm³/mol. The summed E-state index contributed by atoms with van der Waals surface area (Å²) in [4.78, 5) is 29.9. The van der Waals surface area contributed by atoms with Gasteiger partial charge in [-0.1, -0.05) is 100 Å². The van der Waals surface area contributed by atoms with Gasteiger partial charge in [0, 0.05) is 23.5 Å². The van der Waals surface area contributed by atoms with Gasteiger partial charge >= 0.3 is 0 Å². The predicted octanol–water partition coefficient (Wildman–Crippen LogP) is 7.81. The Morgan fingerprint density at radius 2 is 1.52 bits per heavy atom. The lowest BCUT2D eigenvalue weighted by Crippen LogP contribution is -2.54. The Morgan fingerprint density at radius 3 is 2.13 bits per heavy atom. The van der Waals surface area contributed by atoms with Crippen LogP contribution in [0.15, 0.2) is 106 Å². The highest BCUT2D eigenvalue weighted by molar-refractivity contribution is 9.10. The van der Waals surface area contributed by atoms with Gasteiger partial charge in [-0.15, -0.1) is 0 Å². The normalized spacial score (nSPS) is 12.7. The number of nitrogens with zero attached hydrogens (tertiary/aromatic N) is 2. The first-order valence-electron chi connectivity index (χ1n) is 14.8. The minimum Gasteiger partial charge on any atom is -0.352 e. The molecule has 0 spiro atoms. The highest BCUT2D eigenvalue weighted by Crippen LogP contribution is 2.28. The van der Waals surface area contributed by atoms with Crippen LogP contribution in [0.2, 0.25) is 10.0 Å². The van der Waals surface area contributed by atoms with Gasteiger partial charge in [-0.2, -0.15) is 0 Å². The van der Waals surface area contributed by atoms with E-state index in [2.05, 4.69) is 21.2 Å². The Morgan fingerprint density at radius 1 is 0.870 bits per heavy atom. The fourth-order valence-corrected chi connectivity index (χ4v) is 6.80. The number of anilines is 1. The van der Waals surface area contributed by atoms with E-state index in [-0.39, 0.29) is 29.8 Å². The molecule has 0 saturated heterocycles. The summed E-state index contributed by atoms with van der Waals surface area (Å²) in [5.74, 6) is -0.909. The largest absolute Gasteiger partial charge is 0.352 e. The summed E-state index contributed by atoms with van der Waals surface area (Å²) in [6, 6.07) is 26.4. The van der Waals surface area contributed by atoms with Crippen molar-refractivity contribution in [1.29, 1.82) is 0 Å². The molecule has 2 atom stereocenters. The van der Waals surface area contributed by atoms with Crippen molar-refractivity contribution >= 4 is 66.7 Å². The second-order valence-electron chi connectivity index (χ2n) is 11.1. The molecule has 0 aromatic heterocycles. The molecule has 4 aromatic rings. The van der Waals surface area contributed by atoms with Crippen LogP contribution in [0.3, 0.4) is 0 Å². The fourth-order valence-electron chi connectivity index (χ4n) is 4.80. The molecule has 7 nitrogen and oxygen atoms in total. The Kier molecular flexibility index (Phi) is 12.3. The van der Waals surface area contributed by atoms with Crippen LogP contribution in [0.25, 0.3) is 0 Å². The first-order valence-corrected chi connectivity index (χ1v) is 17.8. The van der Waals surface area contributed by atoms with Crippen LogP contribution in [0.4, 0.5) is 5.69 Å². The third kappa shape index (κ3) is 9.12. The molecule has 11 heteroatoms. The van der Waals surface area contributed by atoms with Crippen LogP contribution in [0, 0.1) is 6.92 Å². The van der Waals surface area contributed by atoms with Crippen molar-refractivity contribution in [3.8, 4) is 0 Å². The summed E-state index contributed by atoms with van der Waals surface area (Å²) in [5.41, 5.74) is 2.67. The average molecular weight is 746 g/mol. The maximum absolute atomic E-state index is 14.5. The number of halogens is 3. The van der Waals surface area contributed by atoms with Crippen LogP contribution in [0.5, 0.6) is 0 Å². The topological polar surface area (TPSA) is 86.8 Å². The van der Waals surface area contributed by atoms with E-state index >= 15 is 0 Å². The molecule has 0 heterocycles. The van der Waals surface area contributed by atoms with Crippen molar-refractivity contribution in [3.05, 3.63) is 128 Å². The van der Waals surface area contributed by atoms with Gasteiger partial charge in [-0.3, -0.25) is 13.9 Å². The zero-order valence-corrected chi connectivity index (χ0v) is 29.7. The lowest BCUT2D eigenvalue weighted by Gasteiger charge is -2.34. The van der Waals surface area contributed by atoms with E-state index in [1.807, 2.05) is 51.1 Å². The summed E-state index contributed by atoms with van der Waals surface area (Å²) < 4.78 is 30.1. The van der Waals surface area contributed by atoms with E-state index in [1.165, 1.54) is 17.0 Å². The molecule has 1 N–H and O–H groups in total. The molecular weight excluding hydrogens is 709 g/mol. The van der Waals surface area contributed by atoms with Crippen LogP contribution < -0.4 is 9.62 Å². The van der Waals surface area contributed by atoms with Gasteiger partial charge in [0.2, 0.25) is 11.8 Å². The lowest BCUT2D eigenvalue weighted by atomic mass is 10.0. The van der Waals surface area contributed by atoms with Crippen molar-refractivity contribution in [2.45, 2.75) is 57.1 Å². The molecule has 0 aliphatic rings. The van der Waals surface area contributed by atoms with E-state index in [1.54, 1.807) is 54.6 Å². The summed E-state index contributed by atoms with van der Waals surface area (Å²) in [6.07, 6.45) is 0.899. The second-order valence-corrected chi connectivity index (χ2v) is 14.7. The van der Waals surface area contributed by atoms with Crippen LogP contribution in [0.1, 0.15) is 37.0 Å². The zero-order valence-electron chi connectivity index (χ0n) is 25.8. The third-order valence-electron chi connectivity index (χ3n) is 7.61. The van der Waals surface area contributed by atoms with Gasteiger partial charge in [-0.05, 0) is 79.9 Å². The first kappa shape index (κ1) is 35.5. The molecule has 0 unspecified atom stereocenters. The van der Waals surface area contributed by atoms with Gasteiger partial charge in [0.15, 0.2) is 0 Å². The van der Waals surface area contributed by atoms with Crippen molar-refractivity contribution in [2.75, 3.05) is 10.8 Å². The number of aryl methyl sites for hydroxylation is 1. The van der Waals surface area contributed by atoms with Crippen molar-refractivity contribution < 1.29 is 18.0 Å². The van der Waals surface area contributed by atoms with E-state index in [0.717, 1.165) is 19.9 Å². The Labute approximate surface area is 289 Å². The Hall–Kier alpha value is -3.37. The molecule has 0 aliphatic carbocycles. The third-order valence-corrected chi connectivity index (χ3v) is 10.7. The summed E-state index contributed by atoms with van der Waals surface area (Å²) in [5, 5.41) is 3.68. The molecule has 2 amide bonds. The molecule has 0 radical (unpaired) electrons. The minimum atomic E-state index is -4.19. The van der Waals surface area contributed by atoms with Gasteiger partial charge in [0.05, 0.1) is 20.6 Å². The second kappa shape index (κ2) is 16.0. The van der Waals surface area contributed by atoms with Crippen LogP contribution in [-0.4, -0.2) is 43.8 Å². The maximum atomic E-state index is 14.5. The molecule has 242 valence electrons. The number of hydrogen-bond acceptors (Lipinski definition) is 4. The molecule has 4 aromatic carbocycles. The number of hydrogen-bond donors (Lipinski definition) is 1. The van der Waals surface area contributed by atoms with Gasteiger partial charge < -0.3 is 10.2 Å². The fraction of sp³-hybridized carbons (Fsp3) is 0.257. The zero-order chi connectivity index (χ0) is 33.4.